The van der Waals surface area contributed by atoms with Crippen LogP contribution in [0.4, 0.5) is 0 Å². The number of aromatic nitrogens is 3. The molecule has 0 saturated carbocycles. The van der Waals surface area contributed by atoms with Crippen LogP contribution in [0.15, 0.2) is 36.5 Å². The number of aromatic amines is 1. The van der Waals surface area contributed by atoms with Crippen molar-refractivity contribution in [1.82, 2.24) is 10.3 Å². The van der Waals surface area contributed by atoms with E-state index in [1.54, 1.807) is 0 Å². The van der Waals surface area contributed by atoms with E-state index >= 15 is 0 Å². The maximum absolute atomic E-state index is 4.30. The molecule has 0 saturated heterocycles. The van der Waals surface area contributed by atoms with E-state index in [9.17, 15) is 0 Å². The molecule has 1 heterocycles. The van der Waals surface area contributed by atoms with Gasteiger partial charge in [0.25, 0.3) is 0 Å². The lowest BCUT2D eigenvalue weighted by Gasteiger charge is -1.91. The first-order chi connectivity index (χ1) is 7.90. The van der Waals surface area contributed by atoms with Gasteiger partial charge in [0.1, 0.15) is 0 Å². The third-order valence-electron chi connectivity index (χ3n) is 2.65. The molecule has 3 heteroatoms. The van der Waals surface area contributed by atoms with Crippen LogP contribution in [-0.4, -0.2) is 10.3 Å². The number of nitrogens with one attached hydrogen (secondary N) is 1. The van der Waals surface area contributed by atoms with Gasteiger partial charge in [0, 0.05) is 11.5 Å². The van der Waals surface area contributed by atoms with Crippen molar-refractivity contribution in [2.75, 3.05) is 0 Å². The molecule has 0 fully saturated rings. The number of hydrogen-bond donors (Lipinski definition) is 1. The summed E-state index contributed by atoms with van der Waals surface area (Å²) in [5.74, 6) is 0. The Hall–Kier alpha value is -1.64. The average molecular weight is 216 g/mol. The number of nitrogens with zero attached hydrogens (tertiary/aromatic N) is 2. The second-order valence-corrected chi connectivity index (χ2v) is 3.99. The normalized spacial score (nSPS) is 10.6. The van der Waals surface area contributed by atoms with Gasteiger partial charge in [-0.05, 0) is 18.6 Å². The standard InChI is InChI=1S/C13H17N3/c1-2-3-5-8-12-11-16(15-14-12)13-9-6-4-7-10-13/h4,6-7,9-11H,2-3,5,8H2,1H3/p+1. The molecule has 0 bridgehead atoms. The smallest absolute Gasteiger partial charge is 0.128 e. The molecule has 16 heavy (non-hydrogen) atoms. The SMILES string of the molecule is CCCCCc1c[n+](-c2ccccc2)[nH]n1. The van der Waals surface area contributed by atoms with Crippen LogP contribution in [0.3, 0.4) is 0 Å². The highest BCUT2D eigenvalue weighted by molar-refractivity contribution is 5.20. The van der Waals surface area contributed by atoms with Crippen LogP contribution in [0.5, 0.6) is 0 Å². The minimum atomic E-state index is 1.06. The number of rotatable bonds is 5. The van der Waals surface area contributed by atoms with Crippen LogP contribution in [-0.2, 0) is 6.42 Å². The van der Waals surface area contributed by atoms with Crippen LogP contribution in [0.1, 0.15) is 31.9 Å². The summed E-state index contributed by atoms with van der Waals surface area (Å²) in [6.45, 7) is 2.22. The zero-order chi connectivity index (χ0) is 11.2. The largest absolute Gasteiger partial charge is 0.218 e. The summed E-state index contributed by atoms with van der Waals surface area (Å²) >= 11 is 0. The molecule has 1 aromatic carbocycles. The number of para-hydroxylation sites is 1. The molecule has 0 aliphatic rings. The summed E-state index contributed by atoms with van der Waals surface area (Å²) in [5.41, 5.74) is 2.26. The third kappa shape index (κ3) is 2.69. The zero-order valence-electron chi connectivity index (χ0n) is 9.69. The van der Waals surface area contributed by atoms with Crippen LogP contribution in [0.25, 0.3) is 5.69 Å². The van der Waals surface area contributed by atoms with Gasteiger partial charge in [0.05, 0.1) is 0 Å². The minimum Gasteiger partial charge on any atom is -0.128 e. The van der Waals surface area contributed by atoms with E-state index in [0.717, 1.165) is 17.8 Å². The van der Waals surface area contributed by atoms with E-state index in [1.165, 1.54) is 19.3 Å². The molecule has 2 aromatic rings. The number of unbranched alkanes of at least 4 members (excludes halogenated alkanes) is 2. The first-order valence-electron chi connectivity index (χ1n) is 5.91. The monoisotopic (exact) mass is 216 g/mol. The second-order valence-electron chi connectivity index (χ2n) is 3.99. The van der Waals surface area contributed by atoms with Gasteiger partial charge in [-0.15, -0.1) is 4.68 Å². The topological polar surface area (TPSA) is 32.6 Å². The van der Waals surface area contributed by atoms with E-state index in [-0.39, 0.29) is 0 Å². The highest BCUT2D eigenvalue weighted by Crippen LogP contribution is 2.02. The molecule has 84 valence electrons. The maximum atomic E-state index is 4.30. The third-order valence-corrected chi connectivity index (χ3v) is 2.65. The van der Waals surface area contributed by atoms with E-state index in [2.05, 4.69) is 35.6 Å². The lowest BCUT2D eigenvalue weighted by Crippen LogP contribution is -2.31. The van der Waals surface area contributed by atoms with Crippen molar-refractivity contribution in [2.24, 2.45) is 0 Å². The first kappa shape index (κ1) is 10.9. The van der Waals surface area contributed by atoms with E-state index in [1.807, 2.05) is 22.9 Å². The zero-order valence-corrected chi connectivity index (χ0v) is 9.69. The number of H-pyrrole nitrogens is 1. The maximum Gasteiger partial charge on any atom is 0.218 e. The molecule has 1 aromatic heterocycles. The number of aryl methyl sites for hydroxylation is 1. The summed E-state index contributed by atoms with van der Waals surface area (Å²) in [5, 5.41) is 7.32. The highest BCUT2D eigenvalue weighted by Gasteiger charge is 2.09. The fourth-order valence-corrected chi connectivity index (χ4v) is 1.72. The summed E-state index contributed by atoms with van der Waals surface area (Å²) < 4.78 is 1.96. The van der Waals surface area contributed by atoms with Gasteiger partial charge >= 0.3 is 0 Å². The quantitative estimate of drug-likeness (QED) is 0.604. The molecule has 0 spiro atoms. The fourth-order valence-electron chi connectivity index (χ4n) is 1.72. The average Bonchev–Trinajstić information content (AvgIpc) is 2.79. The minimum absolute atomic E-state index is 1.06. The first-order valence-corrected chi connectivity index (χ1v) is 5.91. The number of hydrogen-bond acceptors (Lipinski definition) is 1. The van der Waals surface area contributed by atoms with Gasteiger partial charge in [0.15, 0.2) is 11.9 Å². The molecule has 0 aliphatic heterocycles. The molecule has 0 amide bonds. The van der Waals surface area contributed by atoms with Crippen LogP contribution >= 0.6 is 0 Å². The van der Waals surface area contributed by atoms with Gasteiger partial charge in [-0.3, -0.25) is 0 Å². The Bertz CT molecular complexity index is 420. The summed E-state index contributed by atoms with van der Waals surface area (Å²) in [4.78, 5) is 0. The molecule has 3 nitrogen and oxygen atoms in total. The van der Waals surface area contributed by atoms with Gasteiger partial charge in [0.2, 0.25) is 5.69 Å². The Kier molecular flexibility index (Phi) is 3.70. The molecule has 1 N–H and O–H groups in total. The van der Waals surface area contributed by atoms with E-state index in [4.69, 9.17) is 0 Å². The molecule has 0 radical (unpaired) electrons. The van der Waals surface area contributed by atoms with Crippen LogP contribution in [0, 0.1) is 0 Å². The molecule has 2 rings (SSSR count). The van der Waals surface area contributed by atoms with Crippen molar-refractivity contribution in [2.45, 2.75) is 32.6 Å². The molecular formula is C13H18N3+. The molecule has 0 aliphatic carbocycles. The predicted octanol–water partition coefficient (Wildman–Crippen LogP) is 2.42. The summed E-state index contributed by atoms with van der Waals surface area (Å²) in [7, 11) is 0. The Morgan fingerprint density at radius 2 is 2.00 bits per heavy atom. The number of benzene rings is 1. The van der Waals surface area contributed by atoms with Crippen LogP contribution < -0.4 is 4.68 Å². The van der Waals surface area contributed by atoms with Crippen molar-refractivity contribution in [1.29, 1.82) is 0 Å². The summed E-state index contributed by atoms with van der Waals surface area (Å²) in [6, 6.07) is 10.2. The lowest BCUT2D eigenvalue weighted by atomic mass is 10.2. The van der Waals surface area contributed by atoms with Crippen molar-refractivity contribution in [3.63, 3.8) is 0 Å². The Labute approximate surface area is 96.1 Å². The van der Waals surface area contributed by atoms with Gasteiger partial charge < -0.3 is 0 Å². The predicted molar refractivity (Wildman–Crippen MR) is 63.3 cm³/mol. The van der Waals surface area contributed by atoms with E-state index in [0.29, 0.717) is 0 Å². The van der Waals surface area contributed by atoms with Gasteiger partial charge in [-0.25, -0.2) is 0 Å². The molecular weight excluding hydrogens is 198 g/mol. The van der Waals surface area contributed by atoms with Crippen LogP contribution in [0.2, 0.25) is 0 Å². The van der Waals surface area contributed by atoms with Crippen molar-refractivity contribution in [3.8, 4) is 5.69 Å². The second kappa shape index (κ2) is 5.45. The fraction of sp³-hybridized carbons (Fsp3) is 0.385. The van der Waals surface area contributed by atoms with Gasteiger partial charge in [-0.1, -0.05) is 43.2 Å². The molecule has 0 unspecified atom stereocenters. The van der Waals surface area contributed by atoms with E-state index < -0.39 is 0 Å². The lowest BCUT2D eigenvalue weighted by molar-refractivity contribution is -0.659. The van der Waals surface area contributed by atoms with Crippen molar-refractivity contribution in [3.05, 3.63) is 42.2 Å². The summed E-state index contributed by atoms with van der Waals surface area (Å²) in [6.07, 6.45) is 6.88. The van der Waals surface area contributed by atoms with Crippen molar-refractivity contribution >= 4 is 0 Å². The Morgan fingerprint density at radius 3 is 2.75 bits per heavy atom. The van der Waals surface area contributed by atoms with Crippen molar-refractivity contribution < 1.29 is 4.68 Å². The molecule has 0 atom stereocenters. The van der Waals surface area contributed by atoms with Gasteiger partial charge in [-0.2, -0.15) is 0 Å². The highest BCUT2D eigenvalue weighted by atomic mass is 15.4. The Balaban J connectivity index is 2.02. The Morgan fingerprint density at radius 1 is 1.19 bits per heavy atom.